The van der Waals surface area contributed by atoms with Crippen LogP contribution in [-0.2, 0) is 26.1 Å². The number of amides is 1. The first kappa shape index (κ1) is 18.2. The van der Waals surface area contributed by atoms with Gasteiger partial charge in [0.1, 0.15) is 0 Å². The zero-order chi connectivity index (χ0) is 17.1. The van der Waals surface area contributed by atoms with Crippen LogP contribution in [0.5, 0.6) is 0 Å². The fourth-order valence-corrected chi connectivity index (χ4v) is 3.12. The molecule has 0 bridgehead atoms. The standard InChI is InChI=1S/C18H20N6O.ClH/c25-18(17-15-11-19-8-6-16(15)22-23-17)20-10-13-4-1-2-5-14(13)12-24-9-3-7-21-24;/h1-5,7,9,19H,6,8,10-12H2,(H,20,25)(H,22,23);1H. The van der Waals surface area contributed by atoms with E-state index in [1.165, 1.54) is 0 Å². The average Bonchev–Trinajstić information content (AvgIpc) is 3.30. The smallest absolute Gasteiger partial charge is 0.272 e. The first-order valence-electron chi connectivity index (χ1n) is 8.40. The van der Waals surface area contributed by atoms with E-state index < -0.39 is 0 Å². The van der Waals surface area contributed by atoms with Crippen molar-refractivity contribution in [2.24, 2.45) is 0 Å². The summed E-state index contributed by atoms with van der Waals surface area (Å²) < 4.78 is 1.87. The molecule has 1 aliphatic heterocycles. The minimum Gasteiger partial charge on any atom is -0.347 e. The number of fused-ring (bicyclic) bond motifs is 1. The highest BCUT2D eigenvalue weighted by Crippen LogP contribution is 2.16. The molecular formula is C18H21ClN6O. The van der Waals surface area contributed by atoms with Gasteiger partial charge in [0.2, 0.25) is 0 Å². The van der Waals surface area contributed by atoms with E-state index in [2.05, 4.69) is 32.0 Å². The summed E-state index contributed by atoms with van der Waals surface area (Å²) in [5.41, 5.74) is 4.74. The molecule has 0 aliphatic carbocycles. The number of aromatic nitrogens is 4. The molecule has 26 heavy (non-hydrogen) atoms. The number of rotatable bonds is 5. The Morgan fingerprint density at radius 2 is 2.08 bits per heavy atom. The maximum absolute atomic E-state index is 12.5. The molecule has 0 spiro atoms. The summed E-state index contributed by atoms with van der Waals surface area (Å²) in [7, 11) is 0. The number of H-pyrrole nitrogens is 1. The molecule has 0 atom stereocenters. The van der Waals surface area contributed by atoms with Crippen LogP contribution in [0, 0.1) is 0 Å². The molecule has 1 aromatic carbocycles. The largest absolute Gasteiger partial charge is 0.347 e. The van der Waals surface area contributed by atoms with Gasteiger partial charge in [-0.2, -0.15) is 10.2 Å². The molecule has 8 heteroatoms. The van der Waals surface area contributed by atoms with E-state index in [4.69, 9.17) is 0 Å². The Hall–Kier alpha value is -2.64. The number of halogens is 1. The molecule has 1 aliphatic rings. The number of aromatic amines is 1. The molecule has 7 nitrogen and oxygen atoms in total. The predicted molar refractivity (Wildman–Crippen MR) is 100 cm³/mol. The minimum atomic E-state index is -0.143. The van der Waals surface area contributed by atoms with Crippen LogP contribution in [0.2, 0.25) is 0 Å². The molecule has 0 unspecified atom stereocenters. The van der Waals surface area contributed by atoms with Crippen molar-refractivity contribution in [3.63, 3.8) is 0 Å². The van der Waals surface area contributed by atoms with Crippen molar-refractivity contribution in [2.45, 2.75) is 26.1 Å². The second-order valence-electron chi connectivity index (χ2n) is 6.11. The third-order valence-electron chi connectivity index (χ3n) is 4.47. The van der Waals surface area contributed by atoms with E-state index in [-0.39, 0.29) is 18.3 Å². The van der Waals surface area contributed by atoms with Crippen molar-refractivity contribution in [1.29, 1.82) is 0 Å². The highest BCUT2D eigenvalue weighted by Gasteiger charge is 2.21. The van der Waals surface area contributed by atoms with Crippen LogP contribution in [-0.4, -0.2) is 32.4 Å². The van der Waals surface area contributed by atoms with Crippen LogP contribution in [0.3, 0.4) is 0 Å². The summed E-state index contributed by atoms with van der Waals surface area (Å²) in [4.78, 5) is 12.5. The summed E-state index contributed by atoms with van der Waals surface area (Å²) in [5.74, 6) is -0.143. The van der Waals surface area contributed by atoms with Crippen molar-refractivity contribution >= 4 is 18.3 Å². The number of carbonyl (C=O) groups excluding carboxylic acids is 1. The van der Waals surface area contributed by atoms with Crippen molar-refractivity contribution in [2.75, 3.05) is 6.54 Å². The summed E-state index contributed by atoms with van der Waals surface area (Å²) in [6.45, 7) is 2.74. The number of hydrogen-bond acceptors (Lipinski definition) is 4. The lowest BCUT2D eigenvalue weighted by Gasteiger charge is -2.13. The van der Waals surface area contributed by atoms with E-state index >= 15 is 0 Å². The van der Waals surface area contributed by atoms with Gasteiger partial charge in [0.05, 0.1) is 6.54 Å². The Kier molecular flexibility index (Phi) is 5.70. The minimum absolute atomic E-state index is 0. The van der Waals surface area contributed by atoms with Crippen LogP contribution in [0.25, 0.3) is 0 Å². The van der Waals surface area contributed by atoms with Gasteiger partial charge < -0.3 is 10.6 Å². The van der Waals surface area contributed by atoms with E-state index in [1.807, 2.05) is 35.1 Å². The summed E-state index contributed by atoms with van der Waals surface area (Å²) in [5, 5.41) is 17.7. The highest BCUT2D eigenvalue weighted by atomic mass is 35.5. The monoisotopic (exact) mass is 372 g/mol. The summed E-state index contributed by atoms with van der Waals surface area (Å²) in [6.07, 6.45) is 4.57. The van der Waals surface area contributed by atoms with Gasteiger partial charge >= 0.3 is 0 Å². The lowest BCUT2D eigenvalue weighted by molar-refractivity contribution is 0.0944. The van der Waals surface area contributed by atoms with Crippen molar-refractivity contribution in [1.82, 2.24) is 30.6 Å². The Balaban J connectivity index is 0.00000196. The van der Waals surface area contributed by atoms with Gasteiger partial charge in [-0.15, -0.1) is 12.4 Å². The van der Waals surface area contributed by atoms with Crippen molar-refractivity contribution in [3.8, 4) is 0 Å². The number of hydrogen-bond donors (Lipinski definition) is 3. The molecule has 3 N–H and O–H groups in total. The average molecular weight is 373 g/mol. The van der Waals surface area contributed by atoms with Gasteiger partial charge in [0.25, 0.3) is 5.91 Å². The maximum atomic E-state index is 12.5. The fraction of sp³-hybridized carbons (Fsp3) is 0.278. The fourth-order valence-electron chi connectivity index (χ4n) is 3.12. The Bertz CT molecular complexity index is 874. The maximum Gasteiger partial charge on any atom is 0.272 e. The van der Waals surface area contributed by atoms with Crippen molar-refractivity contribution in [3.05, 3.63) is 70.8 Å². The number of nitrogens with zero attached hydrogens (tertiary/aromatic N) is 3. The van der Waals surface area contributed by atoms with Gasteiger partial charge in [-0.3, -0.25) is 14.6 Å². The van der Waals surface area contributed by atoms with Crippen LogP contribution in [0.15, 0.2) is 42.7 Å². The molecule has 1 amide bonds. The van der Waals surface area contributed by atoms with Crippen LogP contribution < -0.4 is 10.6 Å². The topological polar surface area (TPSA) is 87.6 Å². The third-order valence-corrected chi connectivity index (χ3v) is 4.47. The predicted octanol–water partition coefficient (Wildman–Crippen LogP) is 1.65. The molecule has 3 aromatic rings. The summed E-state index contributed by atoms with van der Waals surface area (Å²) >= 11 is 0. The molecule has 4 rings (SSSR count). The Labute approximate surface area is 157 Å². The lowest BCUT2D eigenvalue weighted by atomic mass is 10.1. The zero-order valence-electron chi connectivity index (χ0n) is 14.2. The van der Waals surface area contributed by atoms with Crippen LogP contribution >= 0.6 is 12.4 Å². The molecule has 2 aromatic heterocycles. The van der Waals surface area contributed by atoms with Gasteiger partial charge in [-0.1, -0.05) is 24.3 Å². The number of carbonyl (C=O) groups is 1. The highest BCUT2D eigenvalue weighted by molar-refractivity contribution is 5.94. The summed E-state index contributed by atoms with van der Waals surface area (Å²) in [6, 6.07) is 9.97. The Morgan fingerprint density at radius 1 is 1.23 bits per heavy atom. The molecule has 0 saturated carbocycles. The zero-order valence-corrected chi connectivity index (χ0v) is 15.1. The van der Waals surface area contributed by atoms with E-state index in [0.717, 1.165) is 35.3 Å². The molecule has 0 fully saturated rings. The van der Waals surface area contributed by atoms with Crippen LogP contribution in [0.4, 0.5) is 0 Å². The van der Waals surface area contributed by atoms with Gasteiger partial charge in [0, 0.05) is 49.7 Å². The SMILES string of the molecule is Cl.O=C(NCc1ccccc1Cn1cccn1)c1n[nH]c2c1CNCC2. The van der Waals surface area contributed by atoms with Gasteiger partial charge in [-0.05, 0) is 17.2 Å². The van der Waals surface area contributed by atoms with E-state index in [1.54, 1.807) is 6.20 Å². The van der Waals surface area contributed by atoms with Crippen LogP contribution in [0.1, 0.15) is 32.9 Å². The first-order chi connectivity index (χ1) is 12.3. The Morgan fingerprint density at radius 3 is 2.88 bits per heavy atom. The van der Waals surface area contributed by atoms with Gasteiger partial charge in [-0.25, -0.2) is 0 Å². The van der Waals surface area contributed by atoms with E-state index in [9.17, 15) is 4.79 Å². The molecule has 136 valence electrons. The normalized spacial score (nSPS) is 12.9. The lowest BCUT2D eigenvalue weighted by Crippen LogP contribution is -2.28. The van der Waals surface area contributed by atoms with E-state index in [0.29, 0.717) is 25.3 Å². The first-order valence-corrected chi connectivity index (χ1v) is 8.40. The molecular weight excluding hydrogens is 352 g/mol. The molecule has 0 saturated heterocycles. The quantitative estimate of drug-likeness (QED) is 0.635. The van der Waals surface area contributed by atoms with Gasteiger partial charge in [0.15, 0.2) is 5.69 Å². The second kappa shape index (κ2) is 8.16. The second-order valence-corrected chi connectivity index (χ2v) is 6.11. The van der Waals surface area contributed by atoms with Crippen molar-refractivity contribution < 1.29 is 4.79 Å². The molecule has 3 heterocycles. The molecule has 0 radical (unpaired) electrons. The number of nitrogens with one attached hydrogen (secondary N) is 3. The third kappa shape index (κ3) is 3.79. The number of benzene rings is 1.